The Morgan fingerprint density at radius 3 is 2.39 bits per heavy atom. The van der Waals surface area contributed by atoms with Crippen LogP contribution in [0.15, 0.2) is 78.9 Å². The summed E-state index contributed by atoms with van der Waals surface area (Å²) in [5.74, 6) is 0.854. The van der Waals surface area contributed by atoms with Gasteiger partial charge in [0.25, 0.3) is 0 Å². The quantitative estimate of drug-likeness (QED) is 0.124. The van der Waals surface area contributed by atoms with Crippen molar-refractivity contribution in [2.75, 3.05) is 0 Å². The molecule has 4 aromatic rings. The van der Waals surface area contributed by atoms with Crippen LogP contribution >= 0.6 is 56.8 Å². The average molecular weight is 648 g/mol. The monoisotopic (exact) mass is 647 g/mol. The molecule has 4 rings (SSSR count). The van der Waals surface area contributed by atoms with Gasteiger partial charge in [-0.2, -0.15) is 5.26 Å². The maximum atomic E-state index is 9.63. The molecule has 31 heavy (non-hydrogen) atoms. The highest BCUT2D eigenvalue weighted by Gasteiger charge is 2.11. The highest BCUT2D eigenvalue weighted by atomic mass is 127. The van der Waals surface area contributed by atoms with E-state index >= 15 is 0 Å². The lowest BCUT2D eigenvalue weighted by atomic mass is 10.0. The zero-order chi connectivity index (χ0) is 21.8. The summed E-state index contributed by atoms with van der Waals surface area (Å²) in [7, 11) is 0. The number of allylic oxidation sites excluding steroid dienone is 1. The minimum atomic E-state index is 0.495. The fourth-order valence-electron chi connectivity index (χ4n) is 3.37. The Morgan fingerprint density at radius 1 is 0.935 bits per heavy atom. The number of halogens is 3. The van der Waals surface area contributed by atoms with Gasteiger partial charge < -0.3 is 4.74 Å². The van der Waals surface area contributed by atoms with Gasteiger partial charge in [0.1, 0.15) is 12.4 Å². The van der Waals surface area contributed by atoms with Gasteiger partial charge in [0.05, 0.1) is 18.8 Å². The van der Waals surface area contributed by atoms with Gasteiger partial charge in [-0.25, -0.2) is 0 Å². The van der Waals surface area contributed by atoms with E-state index in [1.54, 1.807) is 12.1 Å². The molecule has 0 fully saturated rings. The third-order valence-electron chi connectivity index (χ3n) is 4.84. The van der Waals surface area contributed by atoms with Crippen molar-refractivity contribution in [1.82, 2.24) is 0 Å². The second kappa shape index (κ2) is 10.0. The molecule has 0 aromatic heterocycles. The van der Waals surface area contributed by atoms with Gasteiger partial charge >= 0.3 is 0 Å². The van der Waals surface area contributed by atoms with E-state index in [0.29, 0.717) is 17.2 Å². The summed E-state index contributed by atoms with van der Waals surface area (Å²) in [6.07, 6.45) is 1.88. The van der Waals surface area contributed by atoms with Gasteiger partial charge in [0, 0.05) is 5.02 Å². The lowest BCUT2D eigenvalue weighted by Gasteiger charge is -2.13. The normalized spacial score (nSPS) is 11.4. The maximum absolute atomic E-state index is 9.63. The molecule has 0 saturated carbocycles. The van der Waals surface area contributed by atoms with Crippen LogP contribution in [-0.2, 0) is 6.61 Å². The van der Waals surface area contributed by atoms with E-state index < -0.39 is 0 Å². The van der Waals surface area contributed by atoms with Gasteiger partial charge in [-0.15, -0.1) is 0 Å². The Labute approximate surface area is 213 Å². The van der Waals surface area contributed by atoms with E-state index in [2.05, 4.69) is 81.6 Å². The molecule has 0 bridgehead atoms. The van der Waals surface area contributed by atoms with Crippen molar-refractivity contribution in [2.24, 2.45) is 0 Å². The van der Waals surface area contributed by atoms with Crippen LogP contribution in [0.25, 0.3) is 22.4 Å². The minimum absolute atomic E-state index is 0.495. The third kappa shape index (κ3) is 5.22. The Kier molecular flexibility index (Phi) is 7.16. The number of ether oxygens (including phenoxy) is 1. The highest BCUT2D eigenvalue weighted by Crippen LogP contribution is 2.32. The number of hydrogen-bond acceptors (Lipinski definition) is 2. The molecule has 0 radical (unpaired) electrons. The fourth-order valence-corrected chi connectivity index (χ4v) is 5.69. The molecule has 0 saturated heterocycles. The lowest BCUT2D eigenvalue weighted by Crippen LogP contribution is -2.00. The predicted octanol–water partition coefficient (Wildman–Crippen LogP) is 8.35. The van der Waals surface area contributed by atoms with Crippen LogP contribution in [-0.4, -0.2) is 0 Å². The van der Waals surface area contributed by atoms with Crippen LogP contribution in [0, 0.1) is 18.5 Å². The van der Waals surface area contributed by atoms with Crippen molar-refractivity contribution in [2.45, 2.75) is 6.61 Å². The van der Waals surface area contributed by atoms with E-state index in [1.165, 1.54) is 10.8 Å². The number of rotatable bonds is 5. The van der Waals surface area contributed by atoms with Gasteiger partial charge in [-0.3, -0.25) is 0 Å². The lowest BCUT2D eigenvalue weighted by molar-refractivity contribution is 0.303. The summed E-state index contributed by atoms with van der Waals surface area (Å²) >= 11 is 10.7. The minimum Gasteiger partial charge on any atom is -0.487 e. The molecule has 0 aliphatic heterocycles. The molecule has 2 nitrogen and oxygen atoms in total. The summed E-state index contributed by atoms with van der Waals surface area (Å²) in [6.45, 7) is 0.495. The molecule has 152 valence electrons. The van der Waals surface area contributed by atoms with Gasteiger partial charge in [0.15, 0.2) is 0 Å². The zero-order valence-corrected chi connectivity index (χ0v) is 21.4. The molecule has 0 heterocycles. The van der Waals surface area contributed by atoms with Gasteiger partial charge in [0.2, 0.25) is 0 Å². The first kappa shape index (κ1) is 22.1. The van der Waals surface area contributed by atoms with Crippen molar-refractivity contribution in [3.05, 3.63) is 108 Å². The molecule has 0 atom stereocenters. The molecule has 0 spiro atoms. The summed E-state index contributed by atoms with van der Waals surface area (Å²) in [5.41, 5.74) is 3.47. The predicted molar refractivity (Wildman–Crippen MR) is 145 cm³/mol. The van der Waals surface area contributed by atoms with E-state index in [1.807, 2.05) is 42.5 Å². The second-order valence-corrected chi connectivity index (χ2v) is 9.68. The largest absolute Gasteiger partial charge is 0.487 e. The Bertz CT molecular complexity index is 1310. The molecule has 4 aromatic carbocycles. The zero-order valence-electron chi connectivity index (χ0n) is 16.3. The standard InChI is InChI=1S/C26H16ClI2NO/c27-22-9-4-7-19(14-22)21(15-30)11-17-12-24(28)26(25(29)13-17)31-16-20-8-3-6-18-5-1-2-10-23(18)20/h1-14H,16H2/b21-11-. The van der Waals surface area contributed by atoms with Crippen molar-refractivity contribution in [3.8, 4) is 11.8 Å². The number of nitrogens with zero attached hydrogens (tertiary/aromatic N) is 1. The number of fused-ring (bicyclic) bond motifs is 1. The molecule has 0 aliphatic rings. The fraction of sp³-hybridized carbons (Fsp3) is 0.0385. The Balaban J connectivity index is 1.61. The SMILES string of the molecule is N#C/C(=C/c1cc(I)c(OCc2cccc3ccccc23)c(I)c1)c1cccc(Cl)c1. The first-order valence-electron chi connectivity index (χ1n) is 9.51. The van der Waals surface area contributed by atoms with Crippen LogP contribution in [0.3, 0.4) is 0 Å². The molecule has 5 heteroatoms. The molecule has 0 N–H and O–H groups in total. The number of hydrogen-bond donors (Lipinski definition) is 0. The first-order chi connectivity index (χ1) is 15.0. The van der Waals surface area contributed by atoms with Crippen molar-refractivity contribution in [1.29, 1.82) is 5.26 Å². The van der Waals surface area contributed by atoms with Gasteiger partial charge in [-0.05, 0) is 103 Å². The van der Waals surface area contributed by atoms with Crippen LogP contribution in [0.2, 0.25) is 5.02 Å². The molecular weight excluding hydrogens is 632 g/mol. The molecule has 0 unspecified atom stereocenters. The average Bonchev–Trinajstić information content (AvgIpc) is 2.77. The van der Waals surface area contributed by atoms with Crippen molar-refractivity contribution >= 4 is 79.2 Å². The summed E-state index contributed by atoms with van der Waals surface area (Å²) < 4.78 is 8.23. The molecule has 0 amide bonds. The van der Waals surface area contributed by atoms with E-state index in [9.17, 15) is 5.26 Å². The first-order valence-corrected chi connectivity index (χ1v) is 12.0. The van der Waals surface area contributed by atoms with Crippen LogP contribution in [0.1, 0.15) is 16.7 Å². The third-order valence-corrected chi connectivity index (χ3v) is 6.68. The smallest absolute Gasteiger partial charge is 0.146 e. The van der Waals surface area contributed by atoms with E-state index in [4.69, 9.17) is 16.3 Å². The second-order valence-electron chi connectivity index (χ2n) is 6.92. The Hall–Kier alpha value is -2.08. The van der Waals surface area contributed by atoms with Gasteiger partial charge in [-0.1, -0.05) is 66.2 Å². The van der Waals surface area contributed by atoms with Crippen LogP contribution in [0.4, 0.5) is 0 Å². The number of nitriles is 1. The Morgan fingerprint density at radius 2 is 1.65 bits per heavy atom. The van der Waals surface area contributed by atoms with E-state index in [-0.39, 0.29) is 0 Å². The van der Waals surface area contributed by atoms with Crippen molar-refractivity contribution < 1.29 is 4.74 Å². The molecular formula is C26H16ClI2NO. The number of benzene rings is 4. The highest BCUT2D eigenvalue weighted by molar-refractivity contribution is 14.1. The summed E-state index contributed by atoms with van der Waals surface area (Å²) in [4.78, 5) is 0. The van der Waals surface area contributed by atoms with Crippen LogP contribution < -0.4 is 4.74 Å². The van der Waals surface area contributed by atoms with Crippen LogP contribution in [0.5, 0.6) is 5.75 Å². The van der Waals surface area contributed by atoms with E-state index in [0.717, 1.165) is 29.6 Å². The topological polar surface area (TPSA) is 33.0 Å². The summed E-state index contributed by atoms with van der Waals surface area (Å²) in [5, 5.41) is 12.7. The molecule has 0 aliphatic carbocycles. The van der Waals surface area contributed by atoms with Crippen molar-refractivity contribution in [3.63, 3.8) is 0 Å². The maximum Gasteiger partial charge on any atom is 0.146 e. The summed E-state index contributed by atoms with van der Waals surface area (Å²) in [6, 6.07) is 28.3.